The number of hydrogen-bond donors (Lipinski definition) is 1. The maximum absolute atomic E-state index is 6.23. The predicted octanol–water partition coefficient (Wildman–Crippen LogP) is 4.76. The minimum absolute atomic E-state index is 0.195. The molecule has 0 saturated carbocycles. The van der Waals surface area contributed by atoms with Crippen molar-refractivity contribution < 1.29 is 4.74 Å². The minimum Gasteiger partial charge on any atom is -0.497 e. The molecule has 0 fully saturated rings. The third-order valence-corrected chi connectivity index (χ3v) is 3.83. The maximum Gasteiger partial charge on any atom is 0.118 e. The van der Waals surface area contributed by atoms with E-state index < -0.39 is 0 Å². The van der Waals surface area contributed by atoms with Crippen LogP contribution in [0.15, 0.2) is 48.5 Å². The first-order valence-electron chi connectivity index (χ1n) is 6.76. The van der Waals surface area contributed by atoms with Crippen molar-refractivity contribution in [2.24, 2.45) is 0 Å². The third-order valence-electron chi connectivity index (χ3n) is 3.49. The monoisotopic (exact) mass is 289 g/mol. The van der Waals surface area contributed by atoms with Gasteiger partial charge in [0.25, 0.3) is 0 Å². The second-order valence-electron chi connectivity index (χ2n) is 4.90. The van der Waals surface area contributed by atoms with Gasteiger partial charge < -0.3 is 10.1 Å². The molecule has 2 aromatic rings. The molecule has 0 spiro atoms. The van der Waals surface area contributed by atoms with E-state index in [1.165, 1.54) is 5.56 Å². The Morgan fingerprint density at radius 1 is 0.950 bits per heavy atom. The van der Waals surface area contributed by atoms with Crippen LogP contribution in [0.5, 0.6) is 5.75 Å². The first-order valence-corrected chi connectivity index (χ1v) is 7.14. The fraction of sp³-hybridized carbons (Fsp3) is 0.294. The van der Waals surface area contributed by atoms with Crippen molar-refractivity contribution in [3.8, 4) is 5.75 Å². The van der Waals surface area contributed by atoms with E-state index in [9.17, 15) is 0 Å². The number of ether oxygens (including phenoxy) is 1. The predicted molar refractivity (Wildman–Crippen MR) is 84.4 cm³/mol. The zero-order chi connectivity index (χ0) is 14.5. The molecule has 2 atom stereocenters. The van der Waals surface area contributed by atoms with Crippen LogP contribution >= 0.6 is 11.6 Å². The SMILES string of the molecule is COc1ccc(C(C)N[C@H](C)c2ccccc2Cl)cc1. The molecule has 1 N–H and O–H groups in total. The molecule has 0 aliphatic rings. The van der Waals surface area contributed by atoms with Crippen LogP contribution in [0.1, 0.15) is 37.1 Å². The van der Waals surface area contributed by atoms with Crippen LogP contribution < -0.4 is 10.1 Å². The van der Waals surface area contributed by atoms with Crippen LogP contribution in [-0.4, -0.2) is 7.11 Å². The number of rotatable bonds is 5. The number of benzene rings is 2. The van der Waals surface area contributed by atoms with Gasteiger partial charge in [0.2, 0.25) is 0 Å². The summed E-state index contributed by atoms with van der Waals surface area (Å²) in [6.45, 7) is 4.27. The Labute approximate surface area is 125 Å². The minimum atomic E-state index is 0.195. The molecule has 0 aliphatic carbocycles. The molecule has 2 aromatic carbocycles. The standard InChI is InChI=1S/C17H20ClNO/c1-12(14-8-10-15(20-3)11-9-14)19-13(2)16-6-4-5-7-17(16)18/h4-13,19H,1-3H3/t12?,13-/m1/s1. The average Bonchev–Trinajstić information content (AvgIpc) is 2.47. The fourth-order valence-electron chi connectivity index (χ4n) is 2.28. The van der Waals surface area contributed by atoms with Crippen LogP contribution in [0.4, 0.5) is 0 Å². The first-order chi connectivity index (χ1) is 9.61. The molecule has 2 nitrogen and oxygen atoms in total. The highest BCUT2D eigenvalue weighted by Crippen LogP contribution is 2.25. The summed E-state index contributed by atoms with van der Waals surface area (Å²) < 4.78 is 5.18. The smallest absolute Gasteiger partial charge is 0.118 e. The summed E-state index contributed by atoms with van der Waals surface area (Å²) in [5.74, 6) is 0.875. The molecule has 20 heavy (non-hydrogen) atoms. The molecule has 1 unspecified atom stereocenters. The van der Waals surface area contributed by atoms with Crippen LogP contribution in [0, 0.1) is 0 Å². The van der Waals surface area contributed by atoms with Crippen molar-refractivity contribution in [3.63, 3.8) is 0 Å². The zero-order valence-electron chi connectivity index (χ0n) is 12.1. The van der Waals surface area contributed by atoms with E-state index in [0.29, 0.717) is 0 Å². The van der Waals surface area contributed by atoms with E-state index >= 15 is 0 Å². The Bertz CT molecular complexity index is 553. The second-order valence-corrected chi connectivity index (χ2v) is 5.31. The van der Waals surface area contributed by atoms with E-state index in [2.05, 4.69) is 37.4 Å². The molecule has 0 aromatic heterocycles. The van der Waals surface area contributed by atoms with Crippen LogP contribution in [0.25, 0.3) is 0 Å². The Kier molecular flexibility index (Phi) is 5.05. The molecule has 0 heterocycles. The van der Waals surface area contributed by atoms with Gasteiger partial charge in [-0.1, -0.05) is 41.9 Å². The van der Waals surface area contributed by atoms with Crippen molar-refractivity contribution in [1.82, 2.24) is 5.32 Å². The molecule has 2 rings (SSSR count). The molecule has 0 radical (unpaired) electrons. The van der Waals surface area contributed by atoms with E-state index in [-0.39, 0.29) is 12.1 Å². The molecular weight excluding hydrogens is 270 g/mol. The summed E-state index contributed by atoms with van der Waals surface area (Å²) in [6, 6.07) is 16.5. The normalized spacial score (nSPS) is 13.8. The Hall–Kier alpha value is -1.51. The molecule has 3 heteroatoms. The van der Waals surface area contributed by atoms with Gasteiger partial charge in [0.1, 0.15) is 5.75 Å². The van der Waals surface area contributed by atoms with E-state index in [0.717, 1.165) is 16.3 Å². The largest absolute Gasteiger partial charge is 0.497 e. The van der Waals surface area contributed by atoms with Crippen molar-refractivity contribution in [2.45, 2.75) is 25.9 Å². The average molecular weight is 290 g/mol. The summed E-state index contributed by atoms with van der Waals surface area (Å²) in [5.41, 5.74) is 2.35. The maximum atomic E-state index is 6.23. The van der Waals surface area contributed by atoms with Gasteiger partial charge in [0, 0.05) is 17.1 Å². The molecule has 0 bridgehead atoms. The lowest BCUT2D eigenvalue weighted by Gasteiger charge is -2.21. The Morgan fingerprint density at radius 3 is 2.20 bits per heavy atom. The number of nitrogens with one attached hydrogen (secondary N) is 1. The van der Waals surface area contributed by atoms with Crippen molar-refractivity contribution >= 4 is 11.6 Å². The van der Waals surface area contributed by atoms with Crippen LogP contribution in [0.2, 0.25) is 5.02 Å². The van der Waals surface area contributed by atoms with Crippen LogP contribution in [-0.2, 0) is 0 Å². The first kappa shape index (κ1) is 14.9. The molecule has 0 amide bonds. The number of hydrogen-bond acceptors (Lipinski definition) is 2. The zero-order valence-corrected chi connectivity index (χ0v) is 12.8. The lowest BCUT2D eigenvalue weighted by molar-refractivity contribution is 0.414. The number of methoxy groups -OCH3 is 1. The topological polar surface area (TPSA) is 21.3 Å². The Morgan fingerprint density at radius 2 is 1.60 bits per heavy atom. The van der Waals surface area contributed by atoms with Gasteiger partial charge in [-0.25, -0.2) is 0 Å². The molecule has 0 aliphatic heterocycles. The van der Waals surface area contributed by atoms with Gasteiger partial charge >= 0.3 is 0 Å². The summed E-state index contributed by atoms with van der Waals surface area (Å²) >= 11 is 6.23. The van der Waals surface area contributed by atoms with E-state index in [1.807, 2.05) is 30.3 Å². The summed E-state index contributed by atoms with van der Waals surface area (Å²) in [5, 5.41) is 4.37. The highest BCUT2D eigenvalue weighted by atomic mass is 35.5. The quantitative estimate of drug-likeness (QED) is 0.857. The Balaban J connectivity index is 2.06. The lowest BCUT2D eigenvalue weighted by atomic mass is 10.0. The summed E-state index contributed by atoms with van der Waals surface area (Å²) in [4.78, 5) is 0. The lowest BCUT2D eigenvalue weighted by Crippen LogP contribution is -2.22. The van der Waals surface area contributed by atoms with E-state index in [1.54, 1.807) is 7.11 Å². The van der Waals surface area contributed by atoms with Crippen LogP contribution in [0.3, 0.4) is 0 Å². The van der Waals surface area contributed by atoms with Gasteiger partial charge in [-0.2, -0.15) is 0 Å². The number of halogens is 1. The summed E-state index contributed by atoms with van der Waals surface area (Å²) in [6.07, 6.45) is 0. The molecular formula is C17H20ClNO. The van der Waals surface area contributed by atoms with Crippen molar-refractivity contribution in [2.75, 3.05) is 7.11 Å². The third kappa shape index (κ3) is 3.53. The van der Waals surface area contributed by atoms with Crippen molar-refractivity contribution in [3.05, 3.63) is 64.7 Å². The van der Waals surface area contributed by atoms with Gasteiger partial charge in [-0.05, 0) is 43.2 Å². The van der Waals surface area contributed by atoms with Gasteiger partial charge in [0.15, 0.2) is 0 Å². The van der Waals surface area contributed by atoms with E-state index in [4.69, 9.17) is 16.3 Å². The van der Waals surface area contributed by atoms with Gasteiger partial charge in [-0.3, -0.25) is 0 Å². The van der Waals surface area contributed by atoms with Crippen molar-refractivity contribution in [1.29, 1.82) is 0 Å². The summed E-state index contributed by atoms with van der Waals surface area (Å²) in [7, 11) is 1.68. The highest BCUT2D eigenvalue weighted by molar-refractivity contribution is 6.31. The highest BCUT2D eigenvalue weighted by Gasteiger charge is 2.13. The van der Waals surface area contributed by atoms with Gasteiger partial charge in [-0.15, -0.1) is 0 Å². The van der Waals surface area contributed by atoms with Gasteiger partial charge in [0.05, 0.1) is 7.11 Å². The fourth-order valence-corrected chi connectivity index (χ4v) is 2.58. The molecule has 0 saturated heterocycles. The second kappa shape index (κ2) is 6.78. The molecule has 106 valence electrons.